The van der Waals surface area contributed by atoms with Crippen LogP contribution in [-0.4, -0.2) is 59.3 Å². The van der Waals surface area contributed by atoms with Crippen molar-refractivity contribution in [1.82, 2.24) is 9.91 Å². The summed E-state index contributed by atoms with van der Waals surface area (Å²) in [7, 11) is 0. The fourth-order valence-corrected chi connectivity index (χ4v) is 5.30. The maximum absolute atomic E-state index is 15.1. The third-order valence-electron chi connectivity index (χ3n) is 6.75. The molecule has 146 valence electrons. The number of halogens is 3. The van der Waals surface area contributed by atoms with Crippen molar-refractivity contribution in [1.29, 1.82) is 0 Å². The number of hydrogen-bond acceptors (Lipinski definition) is 2. The Morgan fingerprint density at radius 3 is 2.35 bits per heavy atom. The zero-order chi connectivity index (χ0) is 18.3. The summed E-state index contributed by atoms with van der Waals surface area (Å²) in [6.45, 7) is 0.245. The Morgan fingerprint density at radius 1 is 1.04 bits per heavy atom. The van der Waals surface area contributed by atoms with E-state index in [0.29, 0.717) is 6.42 Å². The first kappa shape index (κ1) is 18.1. The number of carbonyl (C=O) groups excluding carboxylic acids is 1. The maximum Gasteiger partial charge on any atom is 0.340 e. The van der Waals surface area contributed by atoms with Gasteiger partial charge in [0.1, 0.15) is 18.0 Å². The van der Waals surface area contributed by atoms with Gasteiger partial charge in [0.15, 0.2) is 0 Å². The van der Waals surface area contributed by atoms with Crippen molar-refractivity contribution >= 4 is 12.2 Å². The van der Waals surface area contributed by atoms with Gasteiger partial charge in [0, 0.05) is 19.1 Å². The number of hydrazone groups is 1. The number of nitrogens with zero attached hydrogens (tertiary/aromatic N) is 3. The second-order valence-corrected chi connectivity index (χ2v) is 8.62. The van der Waals surface area contributed by atoms with Crippen LogP contribution in [0.15, 0.2) is 5.10 Å². The van der Waals surface area contributed by atoms with Crippen molar-refractivity contribution in [2.45, 2.75) is 81.8 Å². The van der Waals surface area contributed by atoms with E-state index in [2.05, 4.69) is 5.10 Å². The highest BCUT2D eigenvalue weighted by atomic mass is 19.2. The molecule has 2 aliphatic heterocycles. The van der Waals surface area contributed by atoms with Crippen molar-refractivity contribution in [2.75, 3.05) is 13.1 Å². The van der Waals surface area contributed by atoms with Crippen LogP contribution in [0.4, 0.5) is 18.0 Å². The average Bonchev–Trinajstić information content (AvgIpc) is 3.08. The summed E-state index contributed by atoms with van der Waals surface area (Å²) >= 11 is 0. The van der Waals surface area contributed by atoms with Crippen LogP contribution in [0, 0.1) is 11.8 Å². The molecule has 3 fully saturated rings. The Labute approximate surface area is 152 Å². The molecule has 2 unspecified atom stereocenters. The summed E-state index contributed by atoms with van der Waals surface area (Å²) in [5.41, 5.74) is -1.27. The molecule has 26 heavy (non-hydrogen) atoms. The quantitative estimate of drug-likeness (QED) is 0.715. The lowest BCUT2D eigenvalue weighted by Crippen LogP contribution is -2.66. The van der Waals surface area contributed by atoms with Crippen LogP contribution >= 0.6 is 0 Å². The van der Waals surface area contributed by atoms with Crippen molar-refractivity contribution in [3.63, 3.8) is 0 Å². The molecule has 3 atom stereocenters. The van der Waals surface area contributed by atoms with E-state index >= 15 is 4.39 Å². The van der Waals surface area contributed by atoms with E-state index in [4.69, 9.17) is 0 Å². The molecular formula is C19H28F3N3O. The van der Waals surface area contributed by atoms with Gasteiger partial charge in [0.05, 0.1) is 19.1 Å². The molecule has 2 amide bonds. The van der Waals surface area contributed by atoms with Gasteiger partial charge >= 0.3 is 6.03 Å². The van der Waals surface area contributed by atoms with Gasteiger partial charge in [-0.2, -0.15) is 5.10 Å². The highest BCUT2D eigenvalue weighted by Crippen LogP contribution is 2.42. The van der Waals surface area contributed by atoms with Crippen molar-refractivity contribution < 1.29 is 18.0 Å². The summed E-state index contributed by atoms with van der Waals surface area (Å²) < 4.78 is 42.6. The topological polar surface area (TPSA) is 35.9 Å². The molecule has 2 heterocycles. The number of likely N-dealkylation sites (tertiary alicyclic amines) is 1. The smallest absolute Gasteiger partial charge is 0.317 e. The van der Waals surface area contributed by atoms with E-state index in [1.54, 1.807) is 6.21 Å². The van der Waals surface area contributed by atoms with Crippen molar-refractivity contribution in [3.05, 3.63) is 0 Å². The predicted molar refractivity (Wildman–Crippen MR) is 93.3 cm³/mol. The summed E-state index contributed by atoms with van der Waals surface area (Å²) in [6, 6.07) is -0.618. The molecule has 0 aromatic rings. The molecule has 0 N–H and O–H groups in total. The Balaban J connectivity index is 1.36. The van der Waals surface area contributed by atoms with Crippen LogP contribution in [0.25, 0.3) is 0 Å². The molecule has 0 aromatic carbocycles. The number of alkyl halides is 3. The fraction of sp³-hybridized carbons (Fsp3) is 0.895. The van der Waals surface area contributed by atoms with Gasteiger partial charge < -0.3 is 4.90 Å². The minimum absolute atomic E-state index is 0.0457. The number of rotatable bonds is 2. The van der Waals surface area contributed by atoms with Crippen molar-refractivity contribution in [2.24, 2.45) is 16.9 Å². The standard InChI is InChI=1S/C19H28F3N3O/c20-15-8-13(9-16(21)10-15)17-6-7-23-25(17)18(26)24-11-19(22,12-24)14-4-2-1-3-5-14/h7,13-17H,1-6,8-12H2/t13?,15?,16?,17-/m0/s1. The summed E-state index contributed by atoms with van der Waals surface area (Å²) in [5.74, 6) is -0.175. The number of amides is 2. The molecule has 2 saturated carbocycles. The number of urea groups is 1. The van der Waals surface area contributed by atoms with Gasteiger partial charge in [0.25, 0.3) is 0 Å². The molecule has 7 heteroatoms. The SMILES string of the molecule is O=C(N1CC(F)(C2CCCCC2)C1)N1N=CC[C@H]1C1CC(F)CC(F)C1. The molecule has 4 nitrogen and oxygen atoms in total. The van der Waals surface area contributed by atoms with Crippen LogP contribution in [-0.2, 0) is 0 Å². The predicted octanol–water partition coefficient (Wildman–Crippen LogP) is 4.25. The number of hydrogen-bond donors (Lipinski definition) is 0. The highest BCUT2D eigenvalue weighted by molar-refractivity contribution is 5.79. The molecule has 4 rings (SSSR count). The molecular weight excluding hydrogens is 343 g/mol. The van der Waals surface area contributed by atoms with Crippen LogP contribution < -0.4 is 0 Å². The second-order valence-electron chi connectivity index (χ2n) is 8.62. The van der Waals surface area contributed by atoms with Crippen LogP contribution in [0.3, 0.4) is 0 Å². The molecule has 0 bridgehead atoms. The van der Waals surface area contributed by atoms with Gasteiger partial charge in [-0.1, -0.05) is 19.3 Å². The van der Waals surface area contributed by atoms with Crippen LogP contribution in [0.5, 0.6) is 0 Å². The van der Waals surface area contributed by atoms with E-state index in [-0.39, 0.29) is 56.3 Å². The molecule has 1 saturated heterocycles. The Kier molecular flexibility index (Phi) is 4.90. The fourth-order valence-electron chi connectivity index (χ4n) is 5.30. The second kappa shape index (κ2) is 7.04. The van der Waals surface area contributed by atoms with Gasteiger partial charge in [0.2, 0.25) is 0 Å². The van der Waals surface area contributed by atoms with Gasteiger partial charge in [-0.3, -0.25) is 0 Å². The third kappa shape index (κ3) is 3.33. The number of carbonyl (C=O) groups is 1. The van der Waals surface area contributed by atoms with Crippen LogP contribution in [0.2, 0.25) is 0 Å². The molecule has 0 aromatic heterocycles. The first-order valence-electron chi connectivity index (χ1n) is 10.0. The lowest BCUT2D eigenvalue weighted by Gasteiger charge is -2.50. The lowest BCUT2D eigenvalue weighted by atomic mass is 9.74. The van der Waals surface area contributed by atoms with Crippen LogP contribution in [0.1, 0.15) is 57.8 Å². The van der Waals surface area contributed by atoms with E-state index in [9.17, 15) is 13.6 Å². The van der Waals surface area contributed by atoms with Gasteiger partial charge in [-0.15, -0.1) is 0 Å². The monoisotopic (exact) mass is 371 g/mol. The Bertz CT molecular complexity index is 550. The molecule has 2 aliphatic carbocycles. The largest absolute Gasteiger partial charge is 0.340 e. The summed E-state index contributed by atoms with van der Waals surface area (Å²) in [4.78, 5) is 14.3. The summed E-state index contributed by atoms with van der Waals surface area (Å²) in [5, 5.41) is 5.51. The zero-order valence-electron chi connectivity index (χ0n) is 15.1. The van der Waals surface area contributed by atoms with Gasteiger partial charge in [-0.05, 0) is 37.5 Å². The van der Waals surface area contributed by atoms with E-state index in [0.717, 1.165) is 25.7 Å². The van der Waals surface area contributed by atoms with Gasteiger partial charge in [-0.25, -0.2) is 23.0 Å². The Hall–Kier alpha value is -1.27. The zero-order valence-corrected chi connectivity index (χ0v) is 15.1. The van der Waals surface area contributed by atoms with Crippen molar-refractivity contribution in [3.8, 4) is 0 Å². The lowest BCUT2D eigenvalue weighted by molar-refractivity contribution is -0.0700. The van der Waals surface area contributed by atoms with E-state index in [1.165, 1.54) is 16.3 Å². The molecule has 0 spiro atoms. The third-order valence-corrected chi connectivity index (χ3v) is 6.75. The minimum atomic E-state index is -1.27. The highest BCUT2D eigenvalue weighted by Gasteiger charge is 2.53. The first-order valence-corrected chi connectivity index (χ1v) is 10.0. The Morgan fingerprint density at radius 2 is 1.69 bits per heavy atom. The van der Waals surface area contributed by atoms with E-state index < -0.39 is 18.0 Å². The summed E-state index contributed by atoms with van der Waals surface area (Å²) in [6.07, 6.45) is 5.46. The minimum Gasteiger partial charge on any atom is -0.317 e. The maximum atomic E-state index is 15.1. The first-order chi connectivity index (χ1) is 12.5. The average molecular weight is 371 g/mol. The normalized spacial score (nSPS) is 37.7. The molecule has 0 radical (unpaired) electrons. The van der Waals surface area contributed by atoms with E-state index in [1.807, 2.05) is 0 Å². The molecule has 4 aliphatic rings.